The summed E-state index contributed by atoms with van der Waals surface area (Å²) in [5.41, 5.74) is 0. The summed E-state index contributed by atoms with van der Waals surface area (Å²) >= 11 is 3.43. The fraction of sp³-hybridized carbons (Fsp3) is 0.643. The van der Waals surface area contributed by atoms with Crippen LogP contribution < -0.4 is 10.4 Å². The van der Waals surface area contributed by atoms with Crippen molar-refractivity contribution in [2.24, 2.45) is 17.8 Å². The fourth-order valence-corrected chi connectivity index (χ4v) is 13.6. The van der Waals surface area contributed by atoms with Crippen LogP contribution >= 0.6 is 15.9 Å². The van der Waals surface area contributed by atoms with Crippen molar-refractivity contribution in [2.45, 2.75) is 134 Å². The lowest BCUT2D eigenvalue weighted by molar-refractivity contribution is -0.187. The van der Waals surface area contributed by atoms with Crippen LogP contribution in [0.2, 0.25) is 23.2 Å². The van der Waals surface area contributed by atoms with E-state index in [4.69, 9.17) is 23.1 Å². The number of aliphatic hydroxyl groups is 1. The lowest BCUT2D eigenvalue weighted by Crippen LogP contribution is -2.67. The predicted octanol–water partition coefficient (Wildman–Crippen LogP) is 8.63. The molecule has 0 spiro atoms. The summed E-state index contributed by atoms with van der Waals surface area (Å²) in [6.45, 7) is 29.1. The highest BCUT2D eigenvalue weighted by atomic mass is 79.9. The second-order valence-electron chi connectivity index (χ2n) is 17.4. The van der Waals surface area contributed by atoms with Gasteiger partial charge in [0.2, 0.25) is 0 Å². The Labute approximate surface area is 325 Å². The Kier molecular flexibility index (Phi) is 15.8. The van der Waals surface area contributed by atoms with E-state index in [1.807, 2.05) is 6.92 Å². The summed E-state index contributed by atoms with van der Waals surface area (Å²) in [7, 11) is -4.91. The highest BCUT2D eigenvalue weighted by Gasteiger charge is 2.51. The molecule has 0 amide bonds. The van der Waals surface area contributed by atoms with E-state index >= 15 is 0 Å². The second kappa shape index (κ2) is 18.3. The first-order valence-electron chi connectivity index (χ1n) is 19.0. The van der Waals surface area contributed by atoms with Crippen molar-refractivity contribution >= 4 is 48.9 Å². The van der Waals surface area contributed by atoms with Crippen molar-refractivity contribution < 1.29 is 33.0 Å². The van der Waals surface area contributed by atoms with Gasteiger partial charge < -0.3 is 28.2 Å². The van der Waals surface area contributed by atoms with Crippen LogP contribution in [0.5, 0.6) is 0 Å². The fourth-order valence-electron chi connectivity index (χ4n) is 6.95. The Balaban J connectivity index is 1.89. The standard InChI is InChI=1S/C42H67BrO7Si2/c1-14-46-39(45)42(11,43)38(44)32(4)36-27-33(47-29-48-36)26-25-30(2)37(50-51(12,13)40(5,6)7)31(3)28-49-52(41(8,9)10,34-21-17-15-18-22-34)35-23-19-16-20-24-35/h15-26,30-33,36-38,44H,14,27-29H2,1-13H3/b26-25-/t30-,31-,32-,33+,36-,37-,38-,42+/m0/s1. The Bertz CT molecular complexity index is 1380. The zero-order valence-corrected chi connectivity index (χ0v) is 37.7. The average Bonchev–Trinajstić information content (AvgIpc) is 3.09. The van der Waals surface area contributed by atoms with E-state index in [2.05, 4.69) is 157 Å². The summed E-state index contributed by atoms with van der Waals surface area (Å²) < 4.78 is 30.7. The molecule has 0 aromatic heterocycles. The van der Waals surface area contributed by atoms with Crippen molar-refractivity contribution in [1.82, 2.24) is 0 Å². The Morgan fingerprint density at radius 1 is 0.923 bits per heavy atom. The van der Waals surface area contributed by atoms with Crippen LogP contribution in [0.3, 0.4) is 0 Å². The summed E-state index contributed by atoms with van der Waals surface area (Å²) in [6, 6.07) is 21.6. The molecular formula is C42H67BrO7Si2. The van der Waals surface area contributed by atoms with E-state index in [0.717, 1.165) is 0 Å². The lowest BCUT2D eigenvalue weighted by atomic mass is 9.86. The Morgan fingerprint density at radius 2 is 1.46 bits per heavy atom. The second-order valence-corrected chi connectivity index (χ2v) is 28.1. The predicted molar refractivity (Wildman–Crippen MR) is 221 cm³/mol. The summed E-state index contributed by atoms with van der Waals surface area (Å²) in [4.78, 5) is 12.6. The van der Waals surface area contributed by atoms with Gasteiger partial charge in [0.1, 0.15) is 11.1 Å². The molecule has 7 nitrogen and oxygen atoms in total. The molecule has 0 bridgehead atoms. The first kappa shape index (κ1) is 44.8. The van der Waals surface area contributed by atoms with E-state index in [1.165, 1.54) is 10.4 Å². The number of alkyl halides is 1. The minimum Gasteiger partial charge on any atom is -0.465 e. The van der Waals surface area contributed by atoms with Gasteiger partial charge in [0.15, 0.2) is 8.32 Å². The van der Waals surface area contributed by atoms with E-state index < -0.39 is 33.0 Å². The van der Waals surface area contributed by atoms with Crippen molar-refractivity contribution in [3.05, 3.63) is 72.8 Å². The summed E-state index contributed by atoms with van der Waals surface area (Å²) in [5.74, 6) is -0.685. The van der Waals surface area contributed by atoms with Crippen LogP contribution in [-0.4, -0.2) is 76.5 Å². The van der Waals surface area contributed by atoms with Crippen LogP contribution in [-0.2, 0) is 27.9 Å². The first-order chi connectivity index (χ1) is 24.1. The maximum Gasteiger partial charge on any atom is 0.325 e. The zero-order chi connectivity index (χ0) is 39.1. The number of hydrogen-bond donors (Lipinski definition) is 1. The SMILES string of the molecule is CCOC(=O)[C@](C)(Br)[C@@H](O)[C@@H](C)[C@@H]1C[C@@H](/C=C\[C@H](C)[C@H](O[Si](C)(C)C(C)(C)C)[C@@H](C)CO[Si](c2ccccc2)(c2ccccc2)C(C)(C)C)OCO1. The molecule has 10 heteroatoms. The van der Waals surface area contributed by atoms with Crippen molar-refractivity contribution in [3.8, 4) is 0 Å². The molecule has 1 saturated heterocycles. The molecule has 1 aliphatic heterocycles. The van der Waals surface area contributed by atoms with Gasteiger partial charge in [0, 0.05) is 24.9 Å². The smallest absolute Gasteiger partial charge is 0.325 e. The third kappa shape index (κ3) is 10.6. The molecule has 2 aromatic carbocycles. The molecule has 292 valence electrons. The number of ether oxygens (including phenoxy) is 3. The lowest BCUT2D eigenvalue weighted by Gasteiger charge is -2.45. The van der Waals surface area contributed by atoms with E-state index in [-0.39, 0.29) is 59.5 Å². The zero-order valence-electron chi connectivity index (χ0n) is 34.1. The molecule has 1 heterocycles. The molecule has 2 aromatic rings. The van der Waals surface area contributed by atoms with Crippen LogP contribution in [0, 0.1) is 17.8 Å². The van der Waals surface area contributed by atoms with E-state index in [1.54, 1.807) is 13.8 Å². The number of hydrogen-bond acceptors (Lipinski definition) is 7. The third-order valence-electron chi connectivity index (χ3n) is 11.3. The van der Waals surface area contributed by atoms with Crippen LogP contribution in [0.4, 0.5) is 0 Å². The highest BCUT2D eigenvalue weighted by molar-refractivity contribution is 9.10. The van der Waals surface area contributed by atoms with Crippen molar-refractivity contribution in [2.75, 3.05) is 20.0 Å². The number of carbonyl (C=O) groups excluding carboxylic acids is 1. The number of halogens is 1. The normalized spacial score (nSPS) is 21.9. The van der Waals surface area contributed by atoms with Crippen LogP contribution in [0.1, 0.15) is 82.6 Å². The largest absolute Gasteiger partial charge is 0.465 e. The van der Waals surface area contributed by atoms with Crippen LogP contribution in [0.25, 0.3) is 0 Å². The number of benzene rings is 2. The Morgan fingerprint density at radius 3 is 1.94 bits per heavy atom. The van der Waals surface area contributed by atoms with Gasteiger partial charge >= 0.3 is 5.97 Å². The first-order valence-corrected chi connectivity index (χ1v) is 24.6. The van der Waals surface area contributed by atoms with Gasteiger partial charge in [-0.3, -0.25) is 4.79 Å². The van der Waals surface area contributed by atoms with Crippen LogP contribution in [0.15, 0.2) is 72.8 Å². The molecule has 8 atom stereocenters. The third-order valence-corrected chi connectivity index (χ3v) is 21.5. The Hall–Kier alpha value is -1.64. The van der Waals surface area contributed by atoms with E-state index in [0.29, 0.717) is 13.0 Å². The van der Waals surface area contributed by atoms with Gasteiger partial charge in [-0.05, 0) is 53.3 Å². The number of carbonyl (C=O) groups is 1. The van der Waals surface area contributed by atoms with E-state index in [9.17, 15) is 9.90 Å². The molecule has 0 unspecified atom stereocenters. The monoisotopic (exact) mass is 818 g/mol. The number of aliphatic hydroxyl groups excluding tert-OH is 1. The summed E-state index contributed by atoms with van der Waals surface area (Å²) in [5, 5.41) is 13.6. The molecule has 1 aliphatic rings. The number of esters is 1. The van der Waals surface area contributed by atoms with Gasteiger partial charge in [-0.15, -0.1) is 0 Å². The topological polar surface area (TPSA) is 83.5 Å². The molecule has 3 rings (SSSR count). The maximum atomic E-state index is 12.6. The van der Waals surface area contributed by atoms with Crippen molar-refractivity contribution in [3.63, 3.8) is 0 Å². The van der Waals surface area contributed by atoms with Gasteiger partial charge in [0.25, 0.3) is 8.32 Å². The van der Waals surface area contributed by atoms with Gasteiger partial charge in [0.05, 0.1) is 31.0 Å². The molecule has 1 fully saturated rings. The minimum absolute atomic E-state index is 0.0365. The molecule has 0 saturated carbocycles. The molecule has 52 heavy (non-hydrogen) atoms. The van der Waals surface area contributed by atoms with Gasteiger partial charge in [-0.1, -0.05) is 151 Å². The quantitative estimate of drug-likeness (QED) is 0.0787. The van der Waals surface area contributed by atoms with Crippen molar-refractivity contribution in [1.29, 1.82) is 0 Å². The molecule has 0 radical (unpaired) electrons. The molecular weight excluding hydrogens is 753 g/mol. The van der Waals surface area contributed by atoms with Gasteiger partial charge in [-0.25, -0.2) is 0 Å². The molecule has 0 aliphatic carbocycles. The summed E-state index contributed by atoms with van der Waals surface area (Å²) in [6.07, 6.45) is 3.26. The number of rotatable bonds is 16. The average molecular weight is 820 g/mol. The molecule has 1 N–H and O–H groups in total. The maximum absolute atomic E-state index is 12.6. The van der Waals surface area contributed by atoms with Gasteiger partial charge in [-0.2, -0.15) is 0 Å². The highest BCUT2D eigenvalue weighted by Crippen LogP contribution is 2.41. The minimum atomic E-state index is -2.74.